The molecule has 0 aliphatic heterocycles. The third kappa shape index (κ3) is 4.43. The minimum atomic E-state index is -1.11. The Hall–Kier alpha value is -3.80. The molecule has 0 fully saturated rings. The summed E-state index contributed by atoms with van der Waals surface area (Å²) in [6.07, 6.45) is -1.11. The Balaban J connectivity index is 1.99. The molecule has 0 aliphatic rings. The number of Topliss-reactive ketones (excluding diaryl/α,β-unsaturated/α-hetero) is 1. The van der Waals surface area contributed by atoms with Crippen LogP contribution in [-0.2, 0) is 4.74 Å². The molecule has 6 nitrogen and oxygen atoms in total. The fourth-order valence-electron chi connectivity index (χ4n) is 3.01. The van der Waals surface area contributed by atoms with Gasteiger partial charge in [0.25, 0.3) is 0 Å². The first-order valence-corrected chi connectivity index (χ1v) is 9.24. The van der Waals surface area contributed by atoms with Crippen LogP contribution < -0.4 is 14.2 Å². The molecule has 0 heterocycles. The van der Waals surface area contributed by atoms with E-state index in [1.54, 1.807) is 48.5 Å². The Morgan fingerprint density at radius 1 is 0.700 bits per heavy atom. The van der Waals surface area contributed by atoms with E-state index in [9.17, 15) is 9.59 Å². The number of esters is 1. The first-order chi connectivity index (χ1) is 14.6. The quantitative estimate of drug-likeness (QED) is 0.405. The molecule has 30 heavy (non-hydrogen) atoms. The van der Waals surface area contributed by atoms with Crippen LogP contribution in [0.5, 0.6) is 17.2 Å². The second-order valence-electron chi connectivity index (χ2n) is 6.33. The standard InChI is InChI=1S/C24H22O6/c1-27-19-15-21(29-3)20(28-2)14-18(19)24(26)30-23(17-12-8-5-9-13-17)22(25)16-10-6-4-7-11-16/h4-15,23H,1-3H3/t23-/m0/s1. The van der Waals surface area contributed by atoms with Crippen molar-refractivity contribution in [3.63, 3.8) is 0 Å². The predicted octanol–water partition coefficient (Wildman–Crippen LogP) is 4.49. The average molecular weight is 406 g/mol. The highest BCUT2D eigenvalue weighted by Crippen LogP contribution is 2.36. The summed E-state index contributed by atoms with van der Waals surface area (Å²) in [7, 11) is 4.38. The molecule has 154 valence electrons. The van der Waals surface area contributed by atoms with Gasteiger partial charge in [0, 0.05) is 23.3 Å². The lowest BCUT2D eigenvalue weighted by atomic mass is 9.99. The van der Waals surface area contributed by atoms with E-state index in [1.807, 2.05) is 12.1 Å². The molecule has 0 spiro atoms. The number of carbonyl (C=O) groups excluding carboxylic acids is 2. The maximum absolute atomic E-state index is 13.1. The molecule has 0 aliphatic carbocycles. The lowest BCUT2D eigenvalue weighted by Crippen LogP contribution is -2.20. The van der Waals surface area contributed by atoms with Crippen LogP contribution in [0.25, 0.3) is 0 Å². The van der Waals surface area contributed by atoms with Crippen LogP contribution in [0.3, 0.4) is 0 Å². The molecule has 0 saturated carbocycles. The highest BCUT2D eigenvalue weighted by molar-refractivity contribution is 6.02. The Bertz CT molecular complexity index is 1010. The smallest absolute Gasteiger partial charge is 0.343 e. The molecular weight excluding hydrogens is 384 g/mol. The summed E-state index contributed by atoms with van der Waals surface area (Å²) in [5.41, 5.74) is 1.13. The zero-order valence-corrected chi connectivity index (χ0v) is 17.0. The van der Waals surface area contributed by atoms with E-state index in [4.69, 9.17) is 18.9 Å². The molecule has 6 heteroatoms. The summed E-state index contributed by atoms with van der Waals surface area (Å²) in [5.74, 6) is -0.0427. The van der Waals surface area contributed by atoms with Gasteiger partial charge >= 0.3 is 5.97 Å². The van der Waals surface area contributed by atoms with Gasteiger partial charge in [0.15, 0.2) is 17.6 Å². The molecule has 0 aromatic heterocycles. The van der Waals surface area contributed by atoms with Crippen molar-refractivity contribution in [2.75, 3.05) is 21.3 Å². The lowest BCUT2D eigenvalue weighted by molar-refractivity contribution is 0.0276. The van der Waals surface area contributed by atoms with Crippen molar-refractivity contribution in [3.05, 3.63) is 89.5 Å². The van der Waals surface area contributed by atoms with Crippen molar-refractivity contribution in [1.29, 1.82) is 0 Å². The van der Waals surface area contributed by atoms with Gasteiger partial charge in [-0.2, -0.15) is 0 Å². The summed E-state index contributed by atoms with van der Waals surface area (Å²) in [4.78, 5) is 26.2. The Morgan fingerprint density at radius 2 is 1.23 bits per heavy atom. The van der Waals surface area contributed by atoms with E-state index in [0.717, 1.165) is 0 Å². The van der Waals surface area contributed by atoms with Gasteiger partial charge in [0.2, 0.25) is 5.78 Å². The SMILES string of the molecule is COc1cc(OC)c(C(=O)O[C@H](C(=O)c2ccccc2)c2ccccc2)cc1OC. The van der Waals surface area contributed by atoms with Gasteiger partial charge in [-0.15, -0.1) is 0 Å². The molecule has 0 saturated heterocycles. The maximum Gasteiger partial charge on any atom is 0.343 e. The molecule has 3 aromatic carbocycles. The van der Waals surface area contributed by atoms with Gasteiger partial charge in [-0.05, 0) is 0 Å². The Labute approximate surface area is 175 Å². The first-order valence-electron chi connectivity index (χ1n) is 9.24. The fourth-order valence-corrected chi connectivity index (χ4v) is 3.01. The van der Waals surface area contributed by atoms with Crippen LogP contribution in [0.2, 0.25) is 0 Å². The van der Waals surface area contributed by atoms with E-state index in [2.05, 4.69) is 0 Å². The molecule has 1 atom stereocenters. The summed E-state index contributed by atoms with van der Waals surface area (Å²) in [6, 6.07) is 20.6. The Kier molecular flexibility index (Phi) is 6.70. The van der Waals surface area contributed by atoms with Gasteiger partial charge in [-0.3, -0.25) is 4.79 Å². The van der Waals surface area contributed by atoms with Crippen LogP contribution in [-0.4, -0.2) is 33.1 Å². The van der Waals surface area contributed by atoms with E-state index in [0.29, 0.717) is 22.6 Å². The van der Waals surface area contributed by atoms with Gasteiger partial charge in [-0.1, -0.05) is 60.7 Å². The zero-order chi connectivity index (χ0) is 21.5. The average Bonchev–Trinajstić information content (AvgIpc) is 2.82. The maximum atomic E-state index is 13.1. The molecule has 0 radical (unpaired) electrons. The van der Waals surface area contributed by atoms with Crippen molar-refractivity contribution >= 4 is 11.8 Å². The highest BCUT2D eigenvalue weighted by atomic mass is 16.6. The van der Waals surface area contributed by atoms with E-state index < -0.39 is 12.1 Å². The zero-order valence-electron chi connectivity index (χ0n) is 17.0. The van der Waals surface area contributed by atoms with Gasteiger partial charge in [0.1, 0.15) is 11.3 Å². The molecule has 0 N–H and O–H groups in total. The molecule has 0 unspecified atom stereocenters. The Morgan fingerprint density at radius 3 is 1.80 bits per heavy atom. The number of benzene rings is 3. The largest absolute Gasteiger partial charge is 0.496 e. The van der Waals surface area contributed by atoms with Crippen LogP contribution in [0.15, 0.2) is 72.8 Å². The van der Waals surface area contributed by atoms with Crippen molar-refractivity contribution in [1.82, 2.24) is 0 Å². The molecule has 0 bridgehead atoms. The predicted molar refractivity (Wildman–Crippen MR) is 111 cm³/mol. The van der Waals surface area contributed by atoms with Crippen molar-refractivity contribution < 1.29 is 28.5 Å². The van der Waals surface area contributed by atoms with Crippen LogP contribution in [0, 0.1) is 0 Å². The number of ketones is 1. The van der Waals surface area contributed by atoms with Crippen LogP contribution in [0.1, 0.15) is 32.4 Å². The van der Waals surface area contributed by atoms with E-state index in [-0.39, 0.29) is 17.1 Å². The van der Waals surface area contributed by atoms with E-state index in [1.165, 1.54) is 33.5 Å². The lowest BCUT2D eigenvalue weighted by Gasteiger charge is -2.19. The first kappa shape index (κ1) is 20.9. The third-order valence-corrected chi connectivity index (χ3v) is 4.55. The monoisotopic (exact) mass is 406 g/mol. The van der Waals surface area contributed by atoms with Crippen LogP contribution >= 0.6 is 0 Å². The normalized spacial score (nSPS) is 11.3. The minimum absolute atomic E-state index is 0.122. The third-order valence-electron chi connectivity index (χ3n) is 4.55. The summed E-state index contributed by atoms with van der Waals surface area (Å²) < 4.78 is 21.5. The van der Waals surface area contributed by atoms with Crippen molar-refractivity contribution in [3.8, 4) is 17.2 Å². The van der Waals surface area contributed by atoms with Gasteiger partial charge in [0.05, 0.1) is 21.3 Å². The molecule has 3 rings (SSSR count). The van der Waals surface area contributed by atoms with E-state index >= 15 is 0 Å². The molecular formula is C24H22O6. The summed E-state index contributed by atoms with van der Waals surface area (Å²) >= 11 is 0. The van der Waals surface area contributed by atoms with Crippen molar-refractivity contribution in [2.45, 2.75) is 6.10 Å². The van der Waals surface area contributed by atoms with Crippen molar-refractivity contribution in [2.24, 2.45) is 0 Å². The summed E-state index contributed by atoms with van der Waals surface area (Å²) in [5, 5.41) is 0. The number of hydrogen-bond acceptors (Lipinski definition) is 6. The fraction of sp³-hybridized carbons (Fsp3) is 0.167. The second kappa shape index (κ2) is 9.60. The number of rotatable bonds is 8. The number of ether oxygens (including phenoxy) is 4. The topological polar surface area (TPSA) is 71.1 Å². The molecule has 3 aromatic rings. The number of hydrogen-bond donors (Lipinski definition) is 0. The van der Waals surface area contributed by atoms with Gasteiger partial charge in [-0.25, -0.2) is 4.79 Å². The number of carbonyl (C=O) groups is 2. The van der Waals surface area contributed by atoms with Crippen LogP contribution in [0.4, 0.5) is 0 Å². The summed E-state index contributed by atoms with van der Waals surface area (Å²) in [6.45, 7) is 0. The van der Waals surface area contributed by atoms with Gasteiger partial charge < -0.3 is 18.9 Å². The number of methoxy groups -OCH3 is 3. The minimum Gasteiger partial charge on any atom is -0.496 e. The second-order valence-corrected chi connectivity index (χ2v) is 6.33. The molecule has 0 amide bonds. The highest BCUT2D eigenvalue weighted by Gasteiger charge is 2.28.